The molecule has 0 saturated carbocycles. The van der Waals surface area contributed by atoms with E-state index in [0.29, 0.717) is 6.61 Å². The molecular formula is C8H17O2. The smallest absolute Gasteiger partial charge is 0.193 e. The van der Waals surface area contributed by atoms with E-state index in [4.69, 9.17) is 4.74 Å². The molecule has 1 atom stereocenters. The number of hydrogen-bond donors (Lipinski definition) is 0. The Morgan fingerprint density at radius 2 is 2.00 bits per heavy atom. The van der Waals surface area contributed by atoms with Gasteiger partial charge in [-0.05, 0) is 6.42 Å². The van der Waals surface area contributed by atoms with Crippen molar-refractivity contribution in [2.24, 2.45) is 5.92 Å². The van der Waals surface area contributed by atoms with E-state index in [0.717, 1.165) is 12.8 Å². The Bertz CT molecular complexity index is 71.7. The Balaban J connectivity index is 3.13. The summed E-state index contributed by atoms with van der Waals surface area (Å²) in [6.45, 7) is 6.45. The topological polar surface area (TPSA) is 29.1 Å². The van der Waals surface area contributed by atoms with Crippen LogP contribution in [0.3, 0.4) is 0 Å². The van der Waals surface area contributed by atoms with Crippen molar-refractivity contribution in [2.75, 3.05) is 6.61 Å². The van der Waals surface area contributed by atoms with Crippen LogP contribution in [0.1, 0.15) is 33.6 Å². The van der Waals surface area contributed by atoms with Gasteiger partial charge in [-0.2, -0.15) is 0 Å². The molecule has 0 aliphatic carbocycles. The molecule has 0 aromatic heterocycles. The third-order valence-electron chi connectivity index (χ3n) is 1.32. The van der Waals surface area contributed by atoms with E-state index in [1.807, 2.05) is 13.8 Å². The van der Waals surface area contributed by atoms with Gasteiger partial charge < -0.3 is 4.74 Å². The van der Waals surface area contributed by atoms with Gasteiger partial charge in [-0.3, -0.25) is 0 Å². The van der Waals surface area contributed by atoms with Crippen LogP contribution in [0.4, 0.5) is 0 Å². The largest absolute Gasteiger partial charge is 0.349 e. The second-order valence-electron chi connectivity index (χ2n) is 2.84. The molecule has 10 heavy (non-hydrogen) atoms. The number of rotatable bonds is 5. The summed E-state index contributed by atoms with van der Waals surface area (Å²) < 4.78 is 4.99. The zero-order chi connectivity index (χ0) is 7.98. The van der Waals surface area contributed by atoms with Gasteiger partial charge in [0.15, 0.2) is 6.29 Å². The minimum atomic E-state index is -0.827. The molecular weight excluding hydrogens is 128 g/mol. The Labute approximate surface area is 63.2 Å². The SMILES string of the molecule is CCCCOC([O])C(C)C. The molecule has 0 heterocycles. The maximum Gasteiger partial charge on any atom is 0.193 e. The van der Waals surface area contributed by atoms with E-state index in [2.05, 4.69) is 6.92 Å². The van der Waals surface area contributed by atoms with Gasteiger partial charge in [-0.25, -0.2) is 5.11 Å². The Kier molecular flexibility index (Phi) is 5.64. The standard InChI is InChI=1S/C8H17O2/c1-4-5-6-10-8(9)7(2)3/h7-8H,4-6H2,1-3H3. The predicted octanol–water partition coefficient (Wildman–Crippen LogP) is 2.22. The minimum absolute atomic E-state index is 0.0943. The molecule has 0 rings (SSSR count). The molecule has 0 aromatic carbocycles. The summed E-state index contributed by atoms with van der Waals surface area (Å²) in [5.41, 5.74) is 0. The van der Waals surface area contributed by atoms with Crippen molar-refractivity contribution in [1.82, 2.24) is 0 Å². The molecule has 61 valence electrons. The van der Waals surface area contributed by atoms with Crippen LogP contribution in [-0.4, -0.2) is 12.9 Å². The minimum Gasteiger partial charge on any atom is -0.349 e. The van der Waals surface area contributed by atoms with Crippen LogP contribution in [0, 0.1) is 5.92 Å². The molecule has 0 N–H and O–H groups in total. The summed E-state index contributed by atoms with van der Waals surface area (Å²) in [4.78, 5) is 0. The fourth-order valence-corrected chi connectivity index (χ4v) is 0.536. The molecule has 1 unspecified atom stereocenters. The lowest BCUT2D eigenvalue weighted by atomic mass is 10.2. The number of hydrogen-bond acceptors (Lipinski definition) is 1. The zero-order valence-corrected chi connectivity index (χ0v) is 7.09. The van der Waals surface area contributed by atoms with Crippen LogP contribution in [0.2, 0.25) is 0 Å². The third-order valence-corrected chi connectivity index (χ3v) is 1.32. The van der Waals surface area contributed by atoms with Crippen LogP contribution in [0.5, 0.6) is 0 Å². The summed E-state index contributed by atoms with van der Waals surface area (Å²) in [5, 5.41) is 10.9. The van der Waals surface area contributed by atoms with Gasteiger partial charge in [0.25, 0.3) is 0 Å². The molecule has 0 aliphatic rings. The first-order valence-corrected chi connectivity index (χ1v) is 3.96. The first-order valence-electron chi connectivity index (χ1n) is 3.96. The van der Waals surface area contributed by atoms with E-state index in [1.165, 1.54) is 0 Å². The molecule has 0 bridgehead atoms. The molecule has 0 fully saturated rings. The summed E-state index contributed by atoms with van der Waals surface area (Å²) >= 11 is 0. The summed E-state index contributed by atoms with van der Waals surface area (Å²) in [5.74, 6) is 0.0943. The number of ether oxygens (including phenoxy) is 1. The van der Waals surface area contributed by atoms with Crippen molar-refractivity contribution >= 4 is 0 Å². The second-order valence-corrected chi connectivity index (χ2v) is 2.84. The molecule has 0 aliphatic heterocycles. The highest BCUT2D eigenvalue weighted by Gasteiger charge is 2.09. The van der Waals surface area contributed by atoms with E-state index in [1.54, 1.807) is 0 Å². The first-order chi connectivity index (χ1) is 4.68. The summed E-state index contributed by atoms with van der Waals surface area (Å²) in [6, 6.07) is 0. The van der Waals surface area contributed by atoms with E-state index in [9.17, 15) is 5.11 Å². The Morgan fingerprint density at radius 3 is 2.40 bits per heavy atom. The zero-order valence-electron chi connectivity index (χ0n) is 7.09. The fourth-order valence-electron chi connectivity index (χ4n) is 0.536. The van der Waals surface area contributed by atoms with Crippen molar-refractivity contribution in [2.45, 2.75) is 39.9 Å². The van der Waals surface area contributed by atoms with Gasteiger partial charge in [0.05, 0.1) is 0 Å². The van der Waals surface area contributed by atoms with Gasteiger partial charge in [0.2, 0.25) is 0 Å². The quantitative estimate of drug-likeness (QED) is 0.430. The molecule has 0 amide bonds. The van der Waals surface area contributed by atoms with Crippen molar-refractivity contribution in [3.05, 3.63) is 0 Å². The van der Waals surface area contributed by atoms with Crippen LogP contribution in [0.15, 0.2) is 0 Å². The van der Waals surface area contributed by atoms with Gasteiger partial charge in [-0.15, -0.1) is 0 Å². The Morgan fingerprint density at radius 1 is 1.40 bits per heavy atom. The lowest BCUT2D eigenvalue weighted by molar-refractivity contribution is -0.165. The fraction of sp³-hybridized carbons (Fsp3) is 1.00. The van der Waals surface area contributed by atoms with Gasteiger partial charge in [0.1, 0.15) is 0 Å². The highest BCUT2D eigenvalue weighted by Crippen LogP contribution is 2.03. The maximum atomic E-state index is 10.9. The molecule has 0 saturated heterocycles. The molecule has 0 aromatic rings. The predicted molar refractivity (Wildman–Crippen MR) is 40.2 cm³/mol. The number of unbranched alkanes of at least 4 members (excludes halogenated alkanes) is 1. The highest BCUT2D eigenvalue weighted by molar-refractivity contribution is 4.46. The van der Waals surface area contributed by atoms with Crippen molar-refractivity contribution in [1.29, 1.82) is 0 Å². The summed E-state index contributed by atoms with van der Waals surface area (Å²) in [6.07, 6.45) is 1.25. The van der Waals surface area contributed by atoms with Crippen molar-refractivity contribution in [3.63, 3.8) is 0 Å². The van der Waals surface area contributed by atoms with E-state index >= 15 is 0 Å². The van der Waals surface area contributed by atoms with E-state index in [-0.39, 0.29) is 5.92 Å². The van der Waals surface area contributed by atoms with Gasteiger partial charge >= 0.3 is 0 Å². The monoisotopic (exact) mass is 145 g/mol. The summed E-state index contributed by atoms with van der Waals surface area (Å²) in [7, 11) is 0. The lowest BCUT2D eigenvalue weighted by Gasteiger charge is -2.11. The van der Waals surface area contributed by atoms with Crippen LogP contribution in [-0.2, 0) is 9.84 Å². The van der Waals surface area contributed by atoms with Gasteiger partial charge in [0, 0.05) is 12.5 Å². The second kappa shape index (κ2) is 5.69. The van der Waals surface area contributed by atoms with Crippen LogP contribution >= 0.6 is 0 Å². The van der Waals surface area contributed by atoms with Crippen molar-refractivity contribution in [3.8, 4) is 0 Å². The average molecular weight is 145 g/mol. The molecule has 2 nitrogen and oxygen atoms in total. The highest BCUT2D eigenvalue weighted by atomic mass is 16.6. The molecule has 2 heteroatoms. The third kappa shape index (κ3) is 4.77. The lowest BCUT2D eigenvalue weighted by Crippen LogP contribution is -2.17. The Hall–Kier alpha value is -0.0800. The normalized spacial score (nSPS) is 14.1. The average Bonchev–Trinajstić information content (AvgIpc) is 1.88. The van der Waals surface area contributed by atoms with E-state index < -0.39 is 6.29 Å². The first kappa shape index (κ1) is 9.92. The van der Waals surface area contributed by atoms with Crippen molar-refractivity contribution < 1.29 is 9.84 Å². The molecule has 1 radical (unpaired) electrons. The van der Waals surface area contributed by atoms with Crippen LogP contribution in [0.25, 0.3) is 0 Å². The van der Waals surface area contributed by atoms with Gasteiger partial charge in [-0.1, -0.05) is 27.2 Å². The van der Waals surface area contributed by atoms with Crippen LogP contribution < -0.4 is 0 Å². The maximum absolute atomic E-state index is 10.9. The molecule has 0 spiro atoms.